The van der Waals surface area contributed by atoms with Gasteiger partial charge in [0.05, 0.1) is 6.04 Å². The van der Waals surface area contributed by atoms with Crippen LogP contribution in [-0.2, 0) is 4.79 Å². The highest BCUT2D eigenvalue weighted by molar-refractivity contribution is 6.30. The fraction of sp³-hybridized carbons (Fsp3) is 0.278. The van der Waals surface area contributed by atoms with Gasteiger partial charge in [0.1, 0.15) is 17.1 Å². The molecule has 1 aliphatic heterocycles. The molecule has 1 aliphatic rings. The quantitative estimate of drug-likeness (QED) is 0.801. The van der Waals surface area contributed by atoms with E-state index in [-0.39, 0.29) is 23.3 Å². The van der Waals surface area contributed by atoms with Gasteiger partial charge in [-0.15, -0.1) is 0 Å². The van der Waals surface area contributed by atoms with E-state index in [1.807, 2.05) is 0 Å². The number of carbonyl (C=O) groups excluding carboxylic acids is 2. The zero-order valence-corrected chi connectivity index (χ0v) is 14.9. The number of hydrogen-bond donors (Lipinski definition) is 2. The summed E-state index contributed by atoms with van der Waals surface area (Å²) in [6.45, 7) is 4.64. The van der Waals surface area contributed by atoms with Crippen LogP contribution < -0.4 is 11.5 Å². The van der Waals surface area contributed by atoms with Crippen molar-refractivity contribution in [1.29, 1.82) is 0 Å². The maximum atomic E-state index is 12.0. The number of anilines is 1. The second-order valence-corrected chi connectivity index (χ2v) is 6.65. The van der Waals surface area contributed by atoms with Gasteiger partial charge in [-0.1, -0.05) is 30.3 Å². The number of nitrogens with zero attached hydrogens (tertiary/aromatic N) is 3. The number of amides is 2. The summed E-state index contributed by atoms with van der Waals surface area (Å²) in [5.74, 6) is -0.567. The van der Waals surface area contributed by atoms with Crippen LogP contribution >= 0.6 is 11.6 Å². The van der Waals surface area contributed by atoms with Crippen molar-refractivity contribution >= 4 is 29.2 Å². The molecule has 3 rings (SSSR count). The summed E-state index contributed by atoms with van der Waals surface area (Å²) in [6.07, 6.45) is 2.90. The lowest BCUT2D eigenvalue weighted by Crippen LogP contribution is -2.40. The zero-order valence-electron chi connectivity index (χ0n) is 14.2. The van der Waals surface area contributed by atoms with Gasteiger partial charge >= 0.3 is 0 Å². The topological polar surface area (TPSA) is 107 Å². The van der Waals surface area contributed by atoms with Crippen LogP contribution in [0.3, 0.4) is 0 Å². The normalized spacial score (nSPS) is 17.1. The predicted molar refractivity (Wildman–Crippen MR) is 101 cm³/mol. The summed E-state index contributed by atoms with van der Waals surface area (Å²) in [6, 6.07) is 6.81. The van der Waals surface area contributed by atoms with Crippen molar-refractivity contribution in [2.75, 3.05) is 18.8 Å². The highest BCUT2D eigenvalue weighted by Gasteiger charge is 2.29. The number of carbonyl (C=O) groups is 2. The van der Waals surface area contributed by atoms with Crippen molar-refractivity contribution in [3.05, 3.63) is 47.5 Å². The minimum absolute atomic E-state index is 0.131. The second kappa shape index (κ2) is 7.21. The van der Waals surface area contributed by atoms with Gasteiger partial charge in [0, 0.05) is 23.7 Å². The number of rotatable bonds is 4. The van der Waals surface area contributed by atoms with Crippen molar-refractivity contribution in [2.24, 2.45) is 5.73 Å². The van der Waals surface area contributed by atoms with E-state index in [2.05, 4.69) is 11.7 Å². The first-order valence-corrected chi connectivity index (χ1v) is 8.65. The molecule has 1 aromatic carbocycles. The average molecular weight is 374 g/mol. The maximum Gasteiger partial charge on any atom is 0.254 e. The van der Waals surface area contributed by atoms with Gasteiger partial charge in [-0.25, -0.2) is 4.68 Å². The molecule has 0 spiro atoms. The van der Waals surface area contributed by atoms with E-state index < -0.39 is 5.91 Å². The molecule has 1 aromatic heterocycles. The third-order valence-corrected chi connectivity index (χ3v) is 4.79. The number of nitrogens with two attached hydrogens (primary N) is 2. The van der Waals surface area contributed by atoms with E-state index in [9.17, 15) is 9.59 Å². The highest BCUT2D eigenvalue weighted by Crippen LogP contribution is 2.32. The lowest BCUT2D eigenvalue weighted by molar-refractivity contribution is -0.127. The first-order chi connectivity index (χ1) is 12.4. The van der Waals surface area contributed by atoms with Crippen LogP contribution in [0.2, 0.25) is 5.02 Å². The van der Waals surface area contributed by atoms with E-state index in [1.165, 1.54) is 6.08 Å². The monoisotopic (exact) mass is 373 g/mol. The Morgan fingerprint density at radius 1 is 1.31 bits per heavy atom. The van der Waals surface area contributed by atoms with Gasteiger partial charge in [0.15, 0.2) is 0 Å². The number of primary amides is 1. The van der Waals surface area contributed by atoms with Gasteiger partial charge in [-0.05, 0) is 31.1 Å². The number of benzene rings is 1. The molecule has 2 heterocycles. The number of nitrogen functional groups attached to an aromatic ring is 1. The minimum atomic E-state index is -0.645. The van der Waals surface area contributed by atoms with Gasteiger partial charge < -0.3 is 16.4 Å². The van der Waals surface area contributed by atoms with Crippen molar-refractivity contribution in [3.63, 3.8) is 0 Å². The minimum Gasteiger partial charge on any atom is -0.383 e. The van der Waals surface area contributed by atoms with Crippen LogP contribution in [0.25, 0.3) is 11.3 Å². The van der Waals surface area contributed by atoms with E-state index >= 15 is 0 Å². The van der Waals surface area contributed by atoms with Crippen molar-refractivity contribution in [1.82, 2.24) is 14.7 Å². The molecule has 2 amide bonds. The molecule has 136 valence electrons. The molecule has 0 aliphatic carbocycles. The maximum absolute atomic E-state index is 12.0. The molecule has 1 saturated heterocycles. The third kappa shape index (κ3) is 3.30. The molecule has 1 fully saturated rings. The lowest BCUT2D eigenvalue weighted by atomic mass is 10.1. The molecule has 2 aromatic rings. The van der Waals surface area contributed by atoms with Gasteiger partial charge in [0.25, 0.3) is 5.91 Å². The highest BCUT2D eigenvalue weighted by atomic mass is 35.5. The van der Waals surface area contributed by atoms with Crippen molar-refractivity contribution in [2.45, 2.75) is 18.9 Å². The summed E-state index contributed by atoms with van der Waals surface area (Å²) >= 11 is 5.93. The number of hydrogen-bond acceptors (Lipinski definition) is 4. The number of piperidine rings is 1. The summed E-state index contributed by atoms with van der Waals surface area (Å²) in [4.78, 5) is 25.6. The molecule has 0 bridgehead atoms. The van der Waals surface area contributed by atoms with Crippen molar-refractivity contribution < 1.29 is 9.59 Å². The standard InChI is InChI=1S/C18H20ClN5O2/c1-2-14(25)23-9-3-4-13(10-23)24-17(20)15(18(21)26)16(22-24)11-5-7-12(19)8-6-11/h2,5-8,13H,1,3-4,9-10,20H2,(H2,21,26)/t13-/m1/s1. The Hall–Kier alpha value is -2.80. The predicted octanol–water partition coefficient (Wildman–Crippen LogP) is 2.23. The molecular formula is C18H20ClN5O2. The molecular weight excluding hydrogens is 354 g/mol. The Kier molecular flexibility index (Phi) is 4.99. The fourth-order valence-corrected chi connectivity index (χ4v) is 3.39. The zero-order chi connectivity index (χ0) is 18.8. The van der Waals surface area contributed by atoms with Crippen LogP contribution in [-0.4, -0.2) is 39.6 Å². The lowest BCUT2D eigenvalue weighted by Gasteiger charge is -2.32. The molecule has 0 unspecified atom stereocenters. The van der Waals surface area contributed by atoms with Crippen LogP contribution in [0.5, 0.6) is 0 Å². The second-order valence-electron chi connectivity index (χ2n) is 6.21. The van der Waals surface area contributed by atoms with E-state index in [0.717, 1.165) is 12.8 Å². The smallest absolute Gasteiger partial charge is 0.254 e. The van der Waals surface area contributed by atoms with Gasteiger partial charge in [0.2, 0.25) is 5.91 Å². The van der Waals surface area contributed by atoms with Crippen LogP contribution in [0, 0.1) is 0 Å². The van der Waals surface area contributed by atoms with Gasteiger partial charge in [-0.2, -0.15) is 5.10 Å². The Morgan fingerprint density at radius 2 is 2.00 bits per heavy atom. The van der Waals surface area contributed by atoms with E-state index in [4.69, 9.17) is 23.1 Å². The van der Waals surface area contributed by atoms with Crippen LogP contribution in [0.1, 0.15) is 29.2 Å². The molecule has 0 saturated carbocycles. The SMILES string of the molecule is C=CC(=O)N1CCC[C@@H](n2nc(-c3ccc(Cl)cc3)c(C(N)=O)c2N)C1. The molecule has 0 radical (unpaired) electrons. The Morgan fingerprint density at radius 3 is 2.62 bits per heavy atom. The molecule has 1 atom stereocenters. The average Bonchev–Trinajstić information content (AvgIpc) is 2.99. The molecule has 4 N–H and O–H groups in total. The Labute approximate surface area is 156 Å². The van der Waals surface area contributed by atoms with Crippen LogP contribution in [0.15, 0.2) is 36.9 Å². The first kappa shape index (κ1) is 18.0. The summed E-state index contributed by atoms with van der Waals surface area (Å²) in [7, 11) is 0. The van der Waals surface area contributed by atoms with E-state index in [0.29, 0.717) is 29.4 Å². The third-order valence-electron chi connectivity index (χ3n) is 4.54. The van der Waals surface area contributed by atoms with E-state index in [1.54, 1.807) is 33.8 Å². The van der Waals surface area contributed by atoms with Crippen molar-refractivity contribution in [3.8, 4) is 11.3 Å². The molecule has 8 heteroatoms. The largest absolute Gasteiger partial charge is 0.383 e. The Bertz CT molecular complexity index is 859. The van der Waals surface area contributed by atoms with Crippen LogP contribution in [0.4, 0.5) is 5.82 Å². The summed E-state index contributed by atoms with van der Waals surface area (Å²) in [5.41, 5.74) is 13.0. The van der Waals surface area contributed by atoms with Gasteiger partial charge in [-0.3, -0.25) is 9.59 Å². The summed E-state index contributed by atoms with van der Waals surface area (Å²) in [5, 5.41) is 5.13. The summed E-state index contributed by atoms with van der Waals surface area (Å²) < 4.78 is 1.60. The molecule has 26 heavy (non-hydrogen) atoms. The fourth-order valence-electron chi connectivity index (χ4n) is 3.26. The number of likely N-dealkylation sites (tertiary alicyclic amines) is 1. The molecule has 7 nitrogen and oxygen atoms in total. The Balaban J connectivity index is 2.02. The number of aromatic nitrogens is 2. The first-order valence-electron chi connectivity index (χ1n) is 8.27. The number of halogens is 1.